The summed E-state index contributed by atoms with van der Waals surface area (Å²) < 4.78 is 26.7. The minimum absolute atomic E-state index is 0.213. The Hall–Kier alpha value is -1.70. The van der Waals surface area contributed by atoms with E-state index in [1.807, 2.05) is 39.8 Å². The van der Waals surface area contributed by atoms with Gasteiger partial charge in [0.15, 0.2) is 0 Å². The van der Waals surface area contributed by atoms with Gasteiger partial charge >= 0.3 is 0 Å². The maximum absolute atomic E-state index is 12.1. The molecule has 1 heterocycles. The second-order valence-electron chi connectivity index (χ2n) is 5.51. The van der Waals surface area contributed by atoms with Gasteiger partial charge in [0, 0.05) is 10.6 Å². The van der Waals surface area contributed by atoms with Gasteiger partial charge in [0.2, 0.25) is 5.91 Å². The van der Waals surface area contributed by atoms with Gasteiger partial charge in [-0.25, -0.2) is 13.1 Å². The third-order valence-corrected chi connectivity index (χ3v) is 6.24. The Morgan fingerprint density at radius 1 is 1.09 bits per heavy atom. The van der Waals surface area contributed by atoms with Gasteiger partial charge in [0.05, 0.1) is 6.54 Å². The van der Waals surface area contributed by atoms with E-state index >= 15 is 0 Å². The Labute approximate surface area is 140 Å². The molecule has 0 bridgehead atoms. The predicted octanol–water partition coefficient (Wildman–Crippen LogP) is 2.90. The SMILES string of the molecule is Cc1cc(C)c(NC(=O)CNS(=O)(=O)c2ccc(C)s2)c(C)c1. The summed E-state index contributed by atoms with van der Waals surface area (Å²) in [7, 11) is -3.65. The number of benzene rings is 1. The highest BCUT2D eigenvalue weighted by Gasteiger charge is 2.18. The van der Waals surface area contributed by atoms with Crippen LogP contribution in [0.15, 0.2) is 28.5 Å². The first-order chi connectivity index (χ1) is 10.7. The average Bonchev–Trinajstić information content (AvgIpc) is 2.88. The highest BCUT2D eigenvalue weighted by atomic mass is 32.2. The molecule has 0 aliphatic rings. The number of amides is 1. The monoisotopic (exact) mass is 352 g/mol. The fraction of sp³-hybridized carbons (Fsp3) is 0.312. The van der Waals surface area contributed by atoms with Gasteiger partial charge in [-0.1, -0.05) is 17.7 Å². The van der Waals surface area contributed by atoms with Gasteiger partial charge < -0.3 is 5.32 Å². The van der Waals surface area contributed by atoms with E-state index in [1.165, 1.54) is 17.4 Å². The molecule has 2 rings (SSSR count). The summed E-state index contributed by atoms with van der Waals surface area (Å²) in [6.45, 7) is 7.34. The zero-order valence-electron chi connectivity index (χ0n) is 13.6. The molecule has 23 heavy (non-hydrogen) atoms. The average molecular weight is 352 g/mol. The number of sulfonamides is 1. The number of anilines is 1. The van der Waals surface area contributed by atoms with Crippen LogP contribution in [0.5, 0.6) is 0 Å². The molecular formula is C16H20N2O3S2. The summed E-state index contributed by atoms with van der Waals surface area (Å²) in [4.78, 5) is 13.0. The van der Waals surface area contributed by atoms with Crippen LogP contribution in [0.1, 0.15) is 21.6 Å². The summed E-state index contributed by atoms with van der Waals surface area (Å²) >= 11 is 1.17. The summed E-state index contributed by atoms with van der Waals surface area (Å²) in [5, 5.41) is 2.77. The van der Waals surface area contributed by atoms with E-state index in [0.29, 0.717) is 0 Å². The molecule has 124 valence electrons. The summed E-state index contributed by atoms with van der Waals surface area (Å²) in [5.74, 6) is -0.392. The van der Waals surface area contributed by atoms with Gasteiger partial charge in [-0.15, -0.1) is 11.3 Å². The highest BCUT2D eigenvalue weighted by Crippen LogP contribution is 2.22. The van der Waals surface area contributed by atoms with Crippen molar-refractivity contribution in [2.45, 2.75) is 31.9 Å². The van der Waals surface area contributed by atoms with Crippen LogP contribution in [0.3, 0.4) is 0 Å². The lowest BCUT2D eigenvalue weighted by Crippen LogP contribution is -2.32. The van der Waals surface area contributed by atoms with Crippen LogP contribution < -0.4 is 10.0 Å². The molecule has 0 spiro atoms. The predicted molar refractivity (Wildman–Crippen MR) is 93.5 cm³/mol. The molecular weight excluding hydrogens is 332 g/mol. The molecule has 0 aliphatic heterocycles. The zero-order chi connectivity index (χ0) is 17.2. The van der Waals surface area contributed by atoms with Crippen LogP contribution in [-0.4, -0.2) is 20.9 Å². The fourth-order valence-corrected chi connectivity index (χ4v) is 4.66. The van der Waals surface area contributed by atoms with Gasteiger partial charge in [-0.05, 0) is 51.0 Å². The maximum atomic E-state index is 12.1. The molecule has 1 amide bonds. The number of aryl methyl sites for hydroxylation is 4. The number of thiophene rings is 1. The third-order valence-electron chi connectivity index (χ3n) is 3.34. The second-order valence-corrected chi connectivity index (χ2v) is 8.79. The first kappa shape index (κ1) is 17.7. The summed E-state index contributed by atoms with van der Waals surface area (Å²) in [6.07, 6.45) is 0. The maximum Gasteiger partial charge on any atom is 0.250 e. The van der Waals surface area contributed by atoms with Crippen molar-refractivity contribution in [1.29, 1.82) is 0 Å². The third kappa shape index (κ3) is 4.40. The van der Waals surface area contributed by atoms with Gasteiger partial charge in [0.1, 0.15) is 4.21 Å². The largest absolute Gasteiger partial charge is 0.324 e. The normalized spacial score (nSPS) is 11.5. The molecule has 0 radical (unpaired) electrons. The van der Waals surface area contributed by atoms with E-state index in [1.54, 1.807) is 6.07 Å². The number of hydrogen-bond donors (Lipinski definition) is 2. The highest BCUT2D eigenvalue weighted by molar-refractivity contribution is 7.91. The van der Waals surface area contributed by atoms with E-state index in [2.05, 4.69) is 10.0 Å². The molecule has 0 atom stereocenters. The lowest BCUT2D eigenvalue weighted by molar-refractivity contribution is -0.115. The van der Waals surface area contributed by atoms with Crippen LogP contribution >= 0.6 is 11.3 Å². The second kappa shape index (κ2) is 6.82. The topological polar surface area (TPSA) is 75.3 Å². The van der Waals surface area contributed by atoms with E-state index in [-0.39, 0.29) is 10.8 Å². The standard InChI is InChI=1S/C16H20N2O3S2/c1-10-7-11(2)16(12(3)8-10)18-14(19)9-17-23(20,21)15-6-5-13(4)22-15/h5-8,17H,9H2,1-4H3,(H,18,19). The van der Waals surface area contributed by atoms with Crippen molar-refractivity contribution in [3.05, 3.63) is 45.8 Å². The lowest BCUT2D eigenvalue weighted by atomic mass is 10.1. The van der Waals surface area contributed by atoms with Crippen LogP contribution in [-0.2, 0) is 14.8 Å². The Balaban J connectivity index is 2.04. The van der Waals surface area contributed by atoms with Crippen molar-refractivity contribution in [1.82, 2.24) is 4.72 Å². The molecule has 1 aromatic carbocycles. The van der Waals surface area contributed by atoms with Gasteiger partial charge in [-0.3, -0.25) is 4.79 Å². The van der Waals surface area contributed by atoms with Crippen LogP contribution in [0.25, 0.3) is 0 Å². The smallest absolute Gasteiger partial charge is 0.250 e. The summed E-state index contributed by atoms with van der Waals surface area (Å²) in [6, 6.07) is 7.22. The van der Waals surface area contributed by atoms with Crippen molar-refractivity contribution in [2.75, 3.05) is 11.9 Å². The Kier molecular flexibility index (Phi) is 5.23. The molecule has 0 fully saturated rings. The van der Waals surface area contributed by atoms with Crippen molar-refractivity contribution in [3.8, 4) is 0 Å². The molecule has 5 nitrogen and oxygen atoms in total. The van der Waals surface area contributed by atoms with Gasteiger partial charge in [0.25, 0.3) is 10.0 Å². The summed E-state index contributed by atoms with van der Waals surface area (Å²) in [5.41, 5.74) is 3.75. The van der Waals surface area contributed by atoms with E-state index in [9.17, 15) is 13.2 Å². The first-order valence-corrected chi connectivity index (χ1v) is 9.43. The quantitative estimate of drug-likeness (QED) is 0.869. The Morgan fingerprint density at radius 3 is 2.22 bits per heavy atom. The molecule has 7 heteroatoms. The minimum atomic E-state index is -3.65. The molecule has 0 saturated heterocycles. The van der Waals surface area contributed by atoms with Crippen LogP contribution in [0.4, 0.5) is 5.69 Å². The van der Waals surface area contributed by atoms with Crippen molar-refractivity contribution in [2.24, 2.45) is 0 Å². The fourth-order valence-electron chi connectivity index (χ4n) is 2.35. The Bertz CT molecular complexity index is 816. The van der Waals surface area contributed by atoms with E-state index in [0.717, 1.165) is 27.3 Å². The van der Waals surface area contributed by atoms with Crippen molar-refractivity contribution >= 4 is 33.0 Å². The number of carbonyl (C=O) groups is 1. The molecule has 2 aromatic rings. The van der Waals surface area contributed by atoms with Gasteiger partial charge in [-0.2, -0.15) is 0 Å². The molecule has 2 N–H and O–H groups in total. The Morgan fingerprint density at radius 2 is 1.70 bits per heavy atom. The molecule has 1 aromatic heterocycles. The molecule has 0 aliphatic carbocycles. The van der Waals surface area contributed by atoms with Crippen LogP contribution in [0, 0.1) is 27.7 Å². The van der Waals surface area contributed by atoms with Crippen molar-refractivity contribution in [3.63, 3.8) is 0 Å². The van der Waals surface area contributed by atoms with E-state index in [4.69, 9.17) is 0 Å². The van der Waals surface area contributed by atoms with E-state index < -0.39 is 15.9 Å². The molecule has 0 unspecified atom stereocenters. The van der Waals surface area contributed by atoms with Crippen LogP contribution in [0.2, 0.25) is 0 Å². The number of carbonyl (C=O) groups excluding carboxylic acids is 1. The number of rotatable bonds is 5. The lowest BCUT2D eigenvalue weighted by Gasteiger charge is -2.13. The first-order valence-electron chi connectivity index (χ1n) is 7.13. The van der Waals surface area contributed by atoms with Crippen molar-refractivity contribution < 1.29 is 13.2 Å². The molecule has 0 saturated carbocycles. The number of nitrogens with one attached hydrogen (secondary N) is 2. The zero-order valence-corrected chi connectivity index (χ0v) is 15.2. The minimum Gasteiger partial charge on any atom is -0.324 e. The number of hydrogen-bond acceptors (Lipinski definition) is 4.